The molecule has 182 valence electrons. The number of alkyl halides is 3. The molecule has 1 saturated heterocycles. The molecule has 1 fully saturated rings. The van der Waals surface area contributed by atoms with Crippen molar-refractivity contribution in [3.05, 3.63) is 59.3 Å². The molecule has 1 N–H and O–H groups in total. The van der Waals surface area contributed by atoms with Gasteiger partial charge in [-0.3, -0.25) is 4.90 Å². The van der Waals surface area contributed by atoms with Crippen LogP contribution in [0.15, 0.2) is 36.8 Å². The second-order valence-corrected chi connectivity index (χ2v) is 17.7. The predicted molar refractivity (Wildman–Crippen MR) is 138 cm³/mol. The molecule has 0 spiro atoms. The molecule has 1 unspecified atom stereocenters. The summed E-state index contributed by atoms with van der Waals surface area (Å²) in [6.45, 7) is 7.21. The van der Waals surface area contributed by atoms with Gasteiger partial charge < -0.3 is 4.74 Å². The zero-order valence-electron chi connectivity index (χ0n) is 19.7. The van der Waals surface area contributed by atoms with Crippen LogP contribution < -0.4 is 10.2 Å². The number of nitrogens with one attached hydrogen (secondary N) is 1. The van der Waals surface area contributed by atoms with Gasteiger partial charge in [-0.05, 0) is 13.0 Å². The van der Waals surface area contributed by atoms with Gasteiger partial charge >= 0.3 is 170 Å². The molecule has 3 heterocycles. The summed E-state index contributed by atoms with van der Waals surface area (Å²) in [5, 5.41) is 3.21. The van der Waals surface area contributed by atoms with E-state index in [4.69, 9.17) is 4.74 Å². The van der Waals surface area contributed by atoms with Gasteiger partial charge in [0.05, 0.1) is 0 Å². The van der Waals surface area contributed by atoms with Crippen LogP contribution in [0.4, 0.5) is 25.3 Å². The molecule has 3 aromatic rings. The first-order valence-electron chi connectivity index (χ1n) is 11.0. The number of imidazole rings is 1. The molecular weight excluding hydrogens is 762 g/mol. The fraction of sp³-hybridized carbons (Fsp3) is 0.391. The Balaban J connectivity index is 1.56. The van der Waals surface area contributed by atoms with E-state index in [2.05, 4.69) is 20.3 Å². The van der Waals surface area contributed by atoms with Crippen LogP contribution in [0.5, 0.6) is 0 Å². The fourth-order valence-corrected chi connectivity index (χ4v) is 5.11. The first-order chi connectivity index (χ1) is 16.5. The van der Waals surface area contributed by atoms with Crippen LogP contribution in [0.25, 0.3) is 5.69 Å². The summed E-state index contributed by atoms with van der Waals surface area (Å²) in [5.74, 6) is 0.548. The number of cyclic esters (lactones) is 1. The first kappa shape index (κ1) is 26.2. The summed E-state index contributed by atoms with van der Waals surface area (Å²) in [5.41, 5.74) is 4.28. The van der Waals surface area contributed by atoms with E-state index in [1.54, 1.807) is 12.4 Å². The standard InChI is InChI=1S/C23H24F2IN6O2.Tl/c1-12-9-16(21(25)26)5-6-17(12)31-11-28-20(15(31)4)14(3)29-22-27-8-7-19(30-22)32-18(13(2)24)10-34-23(32)33;/h5-9,11,13-14,18H,10H2,1-4H3,(H,27,29,30);/t13-,14-,18+;/m0./s1. The number of rotatable bonds is 7. The van der Waals surface area contributed by atoms with Crippen molar-refractivity contribution < 1.29 is 18.3 Å². The molecule has 0 bridgehead atoms. The number of nitrogens with zero attached hydrogens (tertiary/aromatic N) is 5. The number of ether oxygens (including phenoxy) is 1. The molecule has 1 aliphatic heterocycles. The Morgan fingerprint density at radius 3 is 2.69 bits per heavy atom. The van der Waals surface area contributed by atoms with Crippen LogP contribution in [0.2, 0.25) is 0 Å². The molecule has 8 nitrogen and oxygen atoms in total. The minimum absolute atomic E-state index is 0.0264. The van der Waals surface area contributed by atoms with Crippen LogP contribution in [-0.2, 0) is 5.97 Å². The van der Waals surface area contributed by atoms with Crippen molar-refractivity contribution in [1.29, 1.82) is 0 Å². The Bertz CT molecular complexity index is 1250. The van der Waals surface area contributed by atoms with Gasteiger partial charge in [-0.15, -0.1) is 0 Å². The molecule has 35 heavy (non-hydrogen) atoms. The van der Waals surface area contributed by atoms with Gasteiger partial charge in [-0.2, -0.15) is 0 Å². The molecule has 4 atom stereocenters. The second-order valence-electron chi connectivity index (χ2n) is 8.51. The van der Waals surface area contributed by atoms with Crippen LogP contribution >= 0.6 is 22.6 Å². The maximum absolute atomic E-state index is 14.4. The number of benzene rings is 1. The van der Waals surface area contributed by atoms with Gasteiger partial charge in [-0.25, -0.2) is 9.18 Å². The average molecular weight is 786 g/mol. The third-order valence-electron chi connectivity index (χ3n) is 5.97. The normalized spacial score (nSPS) is 19.2. The predicted octanol–water partition coefficient (Wildman–Crippen LogP) is 4.82. The van der Waals surface area contributed by atoms with Crippen molar-refractivity contribution in [2.75, 3.05) is 16.8 Å². The van der Waals surface area contributed by atoms with E-state index in [9.17, 15) is 13.6 Å². The van der Waals surface area contributed by atoms with Crippen LogP contribution in [0.3, 0.4) is 0 Å². The fourth-order valence-electron chi connectivity index (χ4n) is 4.08. The van der Waals surface area contributed by atoms with E-state index in [-0.39, 0.29) is 50.2 Å². The van der Waals surface area contributed by atoms with Gasteiger partial charge in [-0.1, -0.05) is 0 Å². The van der Waals surface area contributed by atoms with E-state index < -0.39 is 19.5 Å². The second kappa shape index (κ2) is 10.2. The number of carbonyl (C=O) groups is 1. The Morgan fingerprint density at radius 1 is 1.29 bits per heavy atom. The zero-order chi connectivity index (χ0) is 25.5. The minimum atomic E-state index is -1.28. The van der Waals surface area contributed by atoms with Crippen LogP contribution in [0.1, 0.15) is 42.4 Å². The molecule has 12 heteroatoms. The molecule has 1 aromatic carbocycles. The topological polar surface area (TPSA) is 85.2 Å². The molecule has 4 rings (SSSR count). The quantitative estimate of drug-likeness (QED) is 0.210. The van der Waals surface area contributed by atoms with Crippen LogP contribution in [0, 0.1) is 13.8 Å². The van der Waals surface area contributed by atoms with Crippen molar-refractivity contribution >= 4 is 66.2 Å². The number of aromatic nitrogens is 4. The van der Waals surface area contributed by atoms with Gasteiger partial charge in [0.1, 0.15) is 24.6 Å². The number of anilines is 2. The number of hydrogen-bond acceptors (Lipinski definition) is 6. The third kappa shape index (κ3) is 5.44. The van der Waals surface area contributed by atoms with Crippen molar-refractivity contribution in [2.24, 2.45) is 0 Å². The number of hydrogen-bond donors (Lipinski definition) is 1. The maximum atomic E-state index is 14.4. The molecule has 0 radical (unpaired) electrons. The van der Waals surface area contributed by atoms with Gasteiger partial charge in [0.25, 0.3) is 0 Å². The van der Waals surface area contributed by atoms with Gasteiger partial charge in [0.2, 0.25) is 0 Å². The average Bonchev–Trinajstić information content (AvgIpc) is 3.36. The van der Waals surface area contributed by atoms with E-state index in [1.165, 1.54) is 18.0 Å². The Hall–Kier alpha value is -1.91. The molecule has 0 saturated carbocycles. The molecule has 1 aliphatic rings. The van der Waals surface area contributed by atoms with E-state index in [0.29, 0.717) is 5.56 Å². The zero-order valence-corrected chi connectivity index (χ0v) is 26.3. The third-order valence-corrected chi connectivity index (χ3v) is 7.88. The van der Waals surface area contributed by atoms with E-state index in [1.807, 2.05) is 66.1 Å². The Kier molecular flexibility index (Phi) is 7.64. The SMILES string of the molecule is Cc1cc([C](F)(I)[Tl])ccc1-n1cnc([C@H](C)Nc2nccc(N3C(=O)OC[C@@H]3[C@H](C)F)n2)c1C. The van der Waals surface area contributed by atoms with Crippen molar-refractivity contribution in [3.8, 4) is 5.69 Å². The summed E-state index contributed by atoms with van der Waals surface area (Å²) >= 11 is 2.03. The summed E-state index contributed by atoms with van der Waals surface area (Å²) in [7, 11) is 0. The molecule has 1 amide bonds. The summed E-state index contributed by atoms with van der Waals surface area (Å²) in [6.07, 6.45) is 1.35. The van der Waals surface area contributed by atoms with Crippen molar-refractivity contribution in [2.45, 2.75) is 47.2 Å². The van der Waals surface area contributed by atoms with Gasteiger partial charge in [0.15, 0.2) is 0 Å². The number of aryl methyl sites for hydroxylation is 1. The Labute approximate surface area is 231 Å². The summed E-state index contributed by atoms with van der Waals surface area (Å²) in [4.78, 5) is 26.6. The monoisotopic (exact) mass is 786 g/mol. The van der Waals surface area contributed by atoms with Gasteiger partial charge in [0, 0.05) is 6.20 Å². The Morgan fingerprint density at radius 2 is 2.03 bits per heavy atom. The number of carbonyl (C=O) groups excluding carboxylic acids is 1. The molecule has 2 aromatic heterocycles. The number of halogens is 3. The first-order valence-corrected chi connectivity index (χ1v) is 14.3. The molecular formula is C23H24F2IN6O2Tl. The van der Waals surface area contributed by atoms with Crippen LogP contribution in [-0.4, -0.2) is 70.2 Å². The number of amides is 1. The van der Waals surface area contributed by atoms with E-state index in [0.717, 1.165) is 22.6 Å². The van der Waals surface area contributed by atoms with E-state index >= 15 is 0 Å². The van der Waals surface area contributed by atoms with Crippen molar-refractivity contribution in [1.82, 2.24) is 19.5 Å². The van der Waals surface area contributed by atoms with Crippen molar-refractivity contribution in [3.63, 3.8) is 0 Å². The molecule has 0 aliphatic carbocycles. The summed E-state index contributed by atoms with van der Waals surface area (Å²) < 4.78 is 34.1. The summed E-state index contributed by atoms with van der Waals surface area (Å²) in [6, 6.07) is 6.18.